The molecule has 8 nitrogen and oxygen atoms in total. The number of aryl methyl sites for hydroxylation is 1. The monoisotopic (exact) mass is 525 g/mol. The zero-order valence-electron chi connectivity index (χ0n) is 21.7. The molecule has 1 N–H and O–H groups in total. The lowest BCUT2D eigenvalue weighted by Gasteiger charge is -2.30. The molecule has 0 unspecified atom stereocenters. The number of fused-ring (bicyclic) bond motifs is 1. The van der Waals surface area contributed by atoms with E-state index in [2.05, 4.69) is 5.32 Å². The lowest BCUT2D eigenvalue weighted by atomic mass is 9.97. The number of amides is 2. The maximum Gasteiger partial charge on any atom is 0.291 e. The predicted molar refractivity (Wildman–Crippen MR) is 144 cm³/mol. The summed E-state index contributed by atoms with van der Waals surface area (Å²) in [6.45, 7) is 7.66. The highest BCUT2D eigenvalue weighted by atomic mass is 32.2. The topological polar surface area (TPSA) is 99.9 Å². The van der Waals surface area contributed by atoms with Gasteiger partial charge < -0.3 is 14.6 Å². The van der Waals surface area contributed by atoms with Gasteiger partial charge in [0.15, 0.2) is 0 Å². The Morgan fingerprint density at radius 2 is 1.62 bits per heavy atom. The van der Waals surface area contributed by atoms with E-state index in [9.17, 15) is 18.0 Å². The van der Waals surface area contributed by atoms with Crippen LogP contribution in [0.4, 0.5) is 5.69 Å². The van der Waals surface area contributed by atoms with E-state index in [1.165, 1.54) is 4.31 Å². The van der Waals surface area contributed by atoms with Crippen LogP contribution in [0.1, 0.15) is 55.6 Å². The molecular weight excluding hydrogens is 490 g/mol. The van der Waals surface area contributed by atoms with Gasteiger partial charge in [0.25, 0.3) is 5.91 Å². The van der Waals surface area contributed by atoms with Crippen LogP contribution in [0.2, 0.25) is 0 Å². The summed E-state index contributed by atoms with van der Waals surface area (Å²) in [5.41, 5.74) is 1.91. The number of para-hydroxylation sites is 1. The highest BCUT2D eigenvalue weighted by molar-refractivity contribution is 7.89. The van der Waals surface area contributed by atoms with Gasteiger partial charge in [-0.25, -0.2) is 8.42 Å². The van der Waals surface area contributed by atoms with Crippen LogP contribution < -0.4 is 5.32 Å². The predicted octanol–water partition coefficient (Wildman–Crippen LogP) is 5.04. The van der Waals surface area contributed by atoms with Crippen LogP contribution in [0.15, 0.2) is 57.8 Å². The first-order valence-corrected chi connectivity index (χ1v) is 14.4. The standard InChI is InChI=1S/C28H35N3O5S/c1-4-16-30(17-5-2)28(33)26-25(23-8-6-7-9-24(23)36-26)29-27(32)21-14-18-31(19-15-21)37(34,35)22-12-10-20(3)11-13-22/h6-13,21H,4-5,14-19H2,1-3H3,(H,29,32). The average molecular weight is 526 g/mol. The molecule has 198 valence electrons. The van der Waals surface area contributed by atoms with Crippen LogP contribution in [0.25, 0.3) is 11.0 Å². The minimum Gasteiger partial charge on any atom is -0.449 e. The summed E-state index contributed by atoms with van der Waals surface area (Å²) in [6.07, 6.45) is 2.43. The smallest absolute Gasteiger partial charge is 0.291 e. The molecule has 0 atom stereocenters. The van der Waals surface area contributed by atoms with Crippen LogP contribution in [-0.4, -0.2) is 55.6 Å². The van der Waals surface area contributed by atoms with Crippen LogP contribution in [-0.2, 0) is 14.8 Å². The van der Waals surface area contributed by atoms with Crippen molar-refractivity contribution in [3.63, 3.8) is 0 Å². The molecule has 0 spiro atoms. The van der Waals surface area contributed by atoms with E-state index in [1.54, 1.807) is 35.2 Å². The summed E-state index contributed by atoms with van der Waals surface area (Å²) < 4.78 is 33.5. The number of nitrogens with one attached hydrogen (secondary N) is 1. The van der Waals surface area contributed by atoms with Gasteiger partial charge >= 0.3 is 0 Å². The van der Waals surface area contributed by atoms with Gasteiger partial charge in [-0.2, -0.15) is 4.31 Å². The Kier molecular flexibility index (Phi) is 8.34. The molecule has 1 aromatic heterocycles. The first-order valence-electron chi connectivity index (χ1n) is 12.9. The van der Waals surface area contributed by atoms with Crippen molar-refractivity contribution in [3.8, 4) is 0 Å². The van der Waals surface area contributed by atoms with Gasteiger partial charge in [-0.3, -0.25) is 9.59 Å². The van der Waals surface area contributed by atoms with Gasteiger partial charge in [0.1, 0.15) is 11.3 Å². The summed E-state index contributed by atoms with van der Waals surface area (Å²) in [5.74, 6) is -0.709. The lowest BCUT2D eigenvalue weighted by Crippen LogP contribution is -2.41. The van der Waals surface area contributed by atoms with Gasteiger partial charge in [-0.15, -0.1) is 0 Å². The number of furan rings is 1. The molecule has 1 fully saturated rings. The average Bonchev–Trinajstić information content (AvgIpc) is 3.26. The maximum absolute atomic E-state index is 13.4. The third-order valence-corrected chi connectivity index (χ3v) is 8.71. The number of nitrogens with zero attached hydrogens (tertiary/aromatic N) is 2. The van der Waals surface area contributed by atoms with Crippen LogP contribution in [0.5, 0.6) is 0 Å². The molecular formula is C28H35N3O5S. The number of carbonyl (C=O) groups is 2. The van der Waals surface area contributed by atoms with Crippen LogP contribution >= 0.6 is 0 Å². The van der Waals surface area contributed by atoms with Crippen molar-refractivity contribution in [3.05, 3.63) is 59.9 Å². The number of anilines is 1. The number of hydrogen-bond acceptors (Lipinski definition) is 5. The largest absolute Gasteiger partial charge is 0.449 e. The fraction of sp³-hybridized carbons (Fsp3) is 0.429. The zero-order valence-corrected chi connectivity index (χ0v) is 22.5. The minimum absolute atomic E-state index is 0.135. The van der Waals surface area contributed by atoms with Crippen molar-refractivity contribution in [2.24, 2.45) is 5.92 Å². The van der Waals surface area contributed by atoms with Crippen LogP contribution in [0.3, 0.4) is 0 Å². The second kappa shape index (κ2) is 11.5. The number of sulfonamides is 1. The summed E-state index contributed by atoms with van der Waals surface area (Å²) in [4.78, 5) is 28.7. The maximum atomic E-state index is 13.4. The summed E-state index contributed by atoms with van der Waals surface area (Å²) in [6, 6.07) is 14.1. The molecule has 2 aromatic carbocycles. The molecule has 1 aliphatic rings. The van der Waals surface area contributed by atoms with E-state index in [0.29, 0.717) is 42.6 Å². The third kappa shape index (κ3) is 5.72. The number of carbonyl (C=O) groups excluding carboxylic acids is 2. The third-order valence-electron chi connectivity index (χ3n) is 6.80. The Morgan fingerprint density at radius 1 is 1.00 bits per heavy atom. The molecule has 2 amide bonds. The van der Waals surface area contributed by atoms with E-state index in [4.69, 9.17) is 4.42 Å². The summed E-state index contributed by atoms with van der Waals surface area (Å²) in [7, 11) is -3.61. The molecule has 37 heavy (non-hydrogen) atoms. The van der Waals surface area contributed by atoms with E-state index in [-0.39, 0.29) is 41.5 Å². The fourth-order valence-electron chi connectivity index (χ4n) is 4.76. The second-order valence-corrected chi connectivity index (χ2v) is 11.5. The zero-order chi connectivity index (χ0) is 26.6. The molecule has 0 bridgehead atoms. The second-order valence-electron chi connectivity index (χ2n) is 9.58. The van der Waals surface area contributed by atoms with Gasteiger partial charge in [0, 0.05) is 37.5 Å². The van der Waals surface area contributed by atoms with E-state index in [0.717, 1.165) is 18.4 Å². The van der Waals surface area contributed by atoms with Gasteiger partial charge in [-0.05, 0) is 56.9 Å². The molecule has 0 aliphatic carbocycles. The molecule has 0 saturated carbocycles. The minimum atomic E-state index is -3.61. The number of piperidine rings is 1. The SMILES string of the molecule is CCCN(CCC)C(=O)c1oc2ccccc2c1NC(=O)C1CCN(S(=O)(=O)c2ccc(C)cc2)CC1. The van der Waals surface area contributed by atoms with Crippen molar-refractivity contribution in [1.29, 1.82) is 0 Å². The summed E-state index contributed by atoms with van der Waals surface area (Å²) in [5, 5.41) is 3.64. The molecule has 9 heteroatoms. The normalized spacial score (nSPS) is 15.1. The number of hydrogen-bond donors (Lipinski definition) is 1. The van der Waals surface area contributed by atoms with E-state index in [1.807, 2.05) is 39.0 Å². The molecule has 4 rings (SSSR count). The van der Waals surface area contributed by atoms with Gasteiger partial charge in [-0.1, -0.05) is 43.7 Å². The Balaban J connectivity index is 1.51. The molecule has 1 saturated heterocycles. The van der Waals surface area contributed by atoms with Crippen molar-refractivity contribution < 1.29 is 22.4 Å². The highest BCUT2D eigenvalue weighted by Gasteiger charge is 2.33. The Labute approximate surface area is 218 Å². The van der Waals surface area contributed by atoms with Gasteiger partial charge in [0.05, 0.1) is 4.90 Å². The highest BCUT2D eigenvalue weighted by Crippen LogP contribution is 2.33. The molecule has 0 radical (unpaired) electrons. The Morgan fingerprint density at radius 3 is 2.24 bits per heavy atom. The van der Waals surface area contributed by atoms with Crippen molar-refractivity contribution in [2.45, 2.75) is 51.3 Å². The molecule has 3 aromatic rings. The van der Waals surface area contributed by atoms with E-state index >= 15 is 0 Å². The van der Waals surface area contributed by atoms with E-state index < -0.39 is 10.0 Å². The Hall–Kier alpha value is -3.17. The fourth-order valence-corrected chi connectivity index (χ4v) is 6.23. The van der Waals surface area contributed by atoms with Crippen molar-refractivity contribution in [2.75, 3.05) is 31.5 Å². The quantitative estimate of drug-likeness (QED) is 0.422. The number of rotatable bonds is 9. The van der Waals surface area contributed by atoms with Crippen molar-refractivity contribution >= 4 is 38.5 Å². The first-order chi connectivity index (χ1) is 17.8. The lowest BCUT2D eigenvalue weighted by molar-refractivity contribution is -0.120. The van der Waals surface area contributed by atoms with Crippen LogP contribution in [0, 0.1) is 12.8 Å². The van der Waals surface area contributed by atoms with Gasteiger partial charge in [0.2, 0.25) is 21.7 Å². The first kappa shape index (κ1) is 26.9. The summed E-state index contributed by atoms with van der Waals surface area (Å²) >= 11 is 0. The molecule has 1 aliphatic heterocycles. The molecule has 2 heterocycles. The number of benzene rings is 2. The van der Waals surface area contributed by atoms with Crippen molar-refractivity contribution in [1.82, 2.24) is 9.21 Å². The Bertz CT molecular complexity index is 1350.